The van der Waals surface area contributed by atoms with Crippen LogP contribution in [0.4, 0.5) is 4.39 Å². The fraction of sp³-hybridized carbons (Fsp3) is 0.600. The maximum absolute atomic E-state index is 13.4. The third kappa shape index (κ3) is 3.44. The van der Waals surface area contributed by atoms with Crippen molar-refractivity contribution in [2.75, 3.05) is 6.54 Å². The van der Waals surface area contributed by atoms with Crippen LogP contribution < -0.4 is 0 Å². The summed E-state index contributed by atoms with van der Waals surface area (Å²) >= 11 is 0. The minimum absolute atomic E-state index is 0.000120. The van der Waals surface area contributed by atoms with Crippen LogP contribution in [0.1, 0.15) is 44.6 Å². The molecule has 1 aliphatic rings. The number of aliphatic hydroxyl groups is 1. The van der Waals surface area contributed by atoms with Crippen molar-refractivity contribution >= 4 is 10.0 Å². The summed E-state index contributed by atoms with van der Waals surface area (Å²) in [5.74, 6) is -0.584. The van der Waals surface area contributed by atoms with E-state index >= 15 is 0 Å². The van der Waals surface area contributed by atoms with Gasteiger partial charge in [-0.3, -0.25) is 0 Å². The summed E-state index contributed by atoms with van der Waals surface area (Å²) in [5.41, 5.74) is 0.0129. The molecule has 0 spiro atoms. The molecule has 1 aliphatic heterocycles. The van der Waals surface area contributed by atoms with Crippen molar-refractivity contribution in [3.8, 4) is 0 Å². The molecule has 0 amide bonds. The number of halogens is 1. The molecule has 1 aromatic carbocycles. The van der Waals surface area contributed by atoms with Gasteiger partial charge in [-0.15, -0.1) is 0 Å². The van der Waals surface area contributed by atoms with Gasteiger partial charge in [0.1, 0.15) is 5.82 Å². The summed E-state index contributed by atoms with van der Waals surface area (Å²) < 4.78 is 40.6. The third-order valence-electron chi connectivity index (χ3n) is 4.09. The SMILES string of the molecule is CCC1CCCCCN1S(=O)(=O)c1ccc(F)c(CO)c1. The number of aliphatic hydroxyl groups excluding tert-OH is 1. The molecule has 1 saturated heterocycles. The highest BCUT2D eigenvalue weighted by Crippen LogP contribution is 2.27. The van der Waals surface area contributed by atoms with Crippen molar-refractivity contribution in [3.63, 3.8) is 0 Å². The lowest BCUT2D eigenvalue weighted by molar-refractivity contribution is 0.275. The van der Waals surface area contributed by atoms with Gasteiger partial charge in [-0.05, 0) is 37.5 Å². The van der Waals surface area contributed by atoms with Crippen molar-refractivity contribution in [2.45, 2.75) is 56.6 Å². The van der Waals surface area contributed by atoms with Crippen molar-refractivity contribution in [3.05, 3.63) is 29.6 Å². The lowest BCUT2D eigenvalue weighted by atomic mass is 10.1. The number of hydrogen-bond acceptors (Lipinski definition) is 3. The molecule has 0 bridgehead atoms. The van der Waals surface area contributed by atoms with Crippen LogP contribution in [0.2, 0.25) is 0 Å². The molecule has 4 nitrogen and oxygen atoms in total. The van der Waals surface area contributed by atoms with E-state index in [1.807, 2.05) is 6.92 Å². The zero-order chi connectivity index (χ0) is 15.5. The highest BCUT2D eigenvalue weighted by molar-refractivity contribution is 7.89. The molecule has 1 heterocycles. The van der Waals surface area contributed by atoms with E-state index in [0.717, 1.165) is 38.2 Å². The summed E-state index contributed by atoms with van der Waals surface area (Å²) in [4.78, 5) is 0.0632. The smallest absolute Gasteiger partial charge is 0.243 e. The summed E-state index contributed by atoms with van der Waals surface area (Å²) in [6.07, 6.45) is 4.56. The minimum Gasteiger partial charge on any atom is -0.392 e. The summed E-state index contributed by atoms with van der Waals surface area (Å²) in [6.45, 7) is 1.99. The van der Waals surface area contributed by atoms with Gasteiger partial charge in [0, 0.05) is 18.2 Å². The second-order valence-electron chi connectivity index (χ2n) is 5.44. The van der Waals surface area contributed by atoms with Gasteiger partial charge in [-0.25, -0.2) is 12.8 Å². The number of hydrogen-bond donors (Lipinski definition) is 1. The van der Waals surface area contributed by atoms with E-state index in [-0.39, 0.29) is 16.5 Å². The first-order valence-corrected chi connectivity index (χ1v) is 8.85. The van der Waals surface area contributed by atoms with Crippen molar-refractivity contribution in [1.82, 2.24) is 4.31 Å². The molecule has 1 N–H and O–H groups in total. The van der Waals surface area contributed by atoms with E-state index in [2.05, 4.69) is 0 Å². The largest absolute Gasteiger partial charge is 0.392 e. The second kappa shape index (κ2) is 6.85. The fourth-order valence-electron chi connectivity index (χ4n) is 2.84. The van der Waals surface area contributed by atoms with Gasteiger partial charge in [0.2, 0.25) is 10.0 Å². The topological polar surface area (TPSA) is 57.6 Å². The molecule has 0 radical (unpaired) electrons. The van der Waals surface area contributed by atoms with Crippen LogP contribution in [-0.4, -0.2) is 30.4 Å². The highest BCUT2D eigenvalue weighted by atomic mass is 32.2. The van der Waals surface area contributed by atoms with Crippen LogP contribution >= 0.6 is 0 Å². The summed E-state index contributed by atoms with van der Waals surface area (Å²) in [7, 11) is -3.64. The van der Waals surface area contributed by atoms with Gasteiger partial charge in [0.15, 0.2) is 0 Å². The second-order valence-corrected chi connectivity index (χ2v) is 7.33. The quantitative estimate of drug-likeness (QED) is 0.929. The predicted molar refractivity (Wildman–Crippen MR) is 78.8 cm³/mol. The molecule has 1 fully saturated rings. The number of nitrogens with zero attached hydrogens (tertiary/aromatic N) is 1. The molecule has 1 unspecified atom stereocenters. The van der Waals surface area contributed by atoms with Gasteiger partial charge in [0.05, 0.1) is 11.5 Å². The normalized spacial score (nSPS) is 21.2. The standard InChI is InChI=1S/C15H22FNO3S/c1-2-13-6-4-3-5-9-17(13)21(19,20)14-7-8-15(16)12(10-14)11-18/h7-8,10,13,18H,2-6,9,11H2,1H3. The minimum atomic E-state index is -3.64. The fourth-order valence-corrected chi connectivity index (χ4v) is 4.66. The molecule has 2 rings (SSSR count). The molecule has 0 aliphatic carbocycles. The van der Waals surface area contributed by atoms with Crippen LogP contribution in [0.25, 0.3) is 0 Å². The predicted octanol–water partition coefficient (Wildman–Crippen LogP) is 2.66. The first kappa shape index (κ1) is 16.4. The first-order chi connectivity index (χ1) is 10.0. The Morgan fingerprint density at radius 3 is 2.76 bits per heavy atom. The van der Waals surface area contributed by atoms with Crippen molar-refractivity contribution < 1.29 is 17.9 Å². The maximum atomic E-state index is 13.4. The Labute approximate surface area is 125 Å². The zero-order valence-corrected chi connectivity index (χ0v) is 13.1. The third-order valence-corrected chi connectivity index (χ3v) is 6.04. The number of sulfonamides is 1. The van der Waals surface area contributed by atoms with E-state index in [1.54, 1.807) is 4.31 Å². The van der Waals surface area contributed by atoms with E-state index in [0.29, 0.717) is 6.54 Å². The molecular formula is C15H22FNO3S. The first-order valence-electron chi connectivity index (χ1n) is 7.41. The van der Waals surface area contributed by atoms with Gasteiger partial charge < -0.3 is 5.11 Å². The number of benzene rings is 1. The summed E-state index contributed by atoms with van der Waals surface area (Å²) in [6, 6.07) is 3.63. The molecule has 21 heavy (non-hydrogen) atoms. The van der Waals surface area contributed by atoms with E-state index in [4.69, 9.17) is 5.11 Å². The summed E-state index contributed by atoms with van der Waals surface area (Å²) in [5, 5.41) is 9.11. The van der Waals surface area contributed by atoms with Crippen LogP contribution in [0.5, 0.6) is 0 Å². The zero-order valence-electron chi connectivity index (χ0n) is 12.3. The molecule has 118 valence electrons. The lowest BCUT2D eigenvalue weighted by Gasteiger charge is -2.28. The molecule has 1 aromatic rings. The molecule has 0 saturated carbocycles. The average molecular weight is 315 g/mol. The van der Waals surface area contributed by atoms with Crippen molar-refractivity contribution in [2.24, 2.45) is 0 Å². The van der Waals surface area contributed by atoms with Gasteiger partial charge >= 0.3 is 0 Å². The van der Waals surface area contributed by atoms with Crippen LogP contribution in [0.15, 0.2) is 23.1 Å². The van der Waals surface area contributed by atoms with Crippen LogP contribution in [0.3, 0.4) is 0 Å². The Balaban J connectivity index is 2.39. The highest BCUT2D eigenvalue weighted by Gasteiger charge is 2.31. The average Bonchev–Trinajstić information content (AvgIpc) is 2.73. The van der Waals surface area contributed by atoms with E-state index < -0.39 is 22.4 Å². The maximum Gasteiger partial charge on any atom is 0.243 e. The van der Waals surface area contributed by atoms with E-state index in [1.165, 1.54) is 12.1 Å². The molecule has 6 heteroatoms. The van der Waals surface area contributed by atoms with Crippen LogP contribution in [0, 0.1) is 5.82 Å². The monoisotopic (exact) mass is 315 g/mol. The Morgan fingerprint density at radius 1 is 1.33 bits per heavy atom. The Bertz CT molecular complexity index is 589. The Hall–Kier alpha value is -0.980. The Kier molecular flexibility index (Phi) is 5.35. The Morgan fingerprint density at radius 2 is 2.10 bits per heavy atom. The number of rotatable bonds is 4. The van der Waals surface area contributed by atoms with Crippen LogP contribution in [-0.2, 0) is 16.6 Å². The van der Waals surface area contributed by atoms with E-state index in [9.17, 15) is 12.8 Å². The van der Waals surface area contributed by atoms with Gasteiger partial charge in [-0.1, -0.05) is 19.8 Å². The van der Waals surface area contributed by atoms with Crippen molar-refractivity contribution in [1.29, 1.82) is 0 Å². The molecule has 1 atom stereocenters. The lowest BCUT2D eigenvalue weighted by Crippen LogP contribution is -2.39. The molecule has 0 aromatic heterocycles. The van der Waals surface area contributed by atoms with Gasteiger partial charge in [0.25, 0.3) is 0 Å². The molecular weight excluding hydrogens is 293 g/mol. The van der Waals surface area contributed by atoms with Gasteiger partial charge in [-0.2, -0.15) is 4.31 Å².